The minimum Gasteiger partial charge on any atom is -0.294 e. The maximum Gasteiger partial charge on any atom is 0.168 e. The summed E-state index contributed by atoms with van der Waals surface area (Å²) in [6.45, 7) is 8.95. The Morgan fingerprint density at radius 1 is 1.19 bits per heavy atom. The Kier molecular flexibility index (Phi) is 4.99. The second-order valence-corrected chi connectivity index (χ2v) is 6.11. The highest BCUT2D eigenvalue weighted by Crippen LogP contribution is 2.23. The molecule has 0 bridgehead atoms. The van der Waals surface area contributed by atoms with Crippen molar-refractivity contribution >= 4 is 21.7 Å². The molecule has 0 spiro atoms. The van der Waals surface area contributed by atoms with Crippen LogP contribution in [0.15, 0.2) is 22.7 Å². The van der Waals surface area contributed by atoms with E-state index in [4.69, 9.17) is 0 Å². The van der Waals surface area contributed by atoms with Crippen LogP contribution in [0, 0.1) is 13.8 Å². The zero-order chi connectivity index (χ0) is 15.6. The van der Waals surface area contributed by atoms with E-state index in [-0.39, 0.29) is 5.78 Å². The molecule has 0 aliphatic heterocycles. The first-order valence-corrected chi connectivity index (χ1v) is 8.11. The Hall–Kier alpha value is -1.42. The molecule has 21 heavy (non-hydrogen) atoms. The van der Waals surface area contributed by atoms with Gasteiger partial charge in [0.2, 0.25) is 0 Å². The van der Waals surface area contributed by atoms with Crippen molar-refractivity contribution in [2.45, 2.75) is 47.1 Å². The van der Waals surface area contributed by atoms with E-state index in [1.165, 1.54) is 0 Å². The first kappa shape index (κ1) is 16.0. The number of rotatable bonds is 5. The second kappa shape index (κ2) is 6.56. The molecule has 2 aromatic rings. The Morgan fingerprint density at radius 2 is 1.81 bits per heavy atom. The molecule has 0 saturated heterocycles. The van der Waals surface area contributed by atoms with Gasteiger partial charge in [-0.25, -0.2) is 0 Å². The number of aromatic nitrogens is 2. The number of hydrogen-bond acceptors (Lipinski definition) is 2. The summed E-state index contributed by atoms with van der Waals surface area (Å²) in [5.74, 6) is 0.144. The SMILES string of the molecule is CCc1cc(CC(=O)c2cc(C)c(Br)c(C)c2)n(CC)n1. The predicted molar refractivity (Wildman–Crippen MR) is 88.9 cm³/mol. The highest BCUT2D eigenvalue weighted by atomic mass is 79.9. The number of Topliss-reactive ketones (excluding diaryl/α,β-unsaturated/α-hetero) is 1. The summed E-state index contributed by atoms with van der Waals surface area (Å²) >= 11 is 3.54. The van der Waals surface area contributed by atoms with Crippen molar-refractivity contribution in [3.8, 4) is 0 Å². The fourth-order valence-electron chi connectivity index (χ4n) is 2.48. The summed E-state index contributed by atoms with van der Waals surface area (Å²) in [5, 5.41) is 4.50. The second-order valence-electron chi connectivity index (χ2n) is 5.32. The topological polar surface area (TPSA) is 34.9 Å². The Balaban J connectivity index is 2.28. The van der Waals surface area contributed by atoms with Gasteiger partial charge in [-0.15, -0.1) is 0 Å². The number of carbonyl (C=O) groups excluding carboxylic acids is 1. The molecule has 0 radical (unpaired) electrons. The van der Waals surface area contributed by atoms with Crippen LogP contribution in [0.2, 0.25) is 0 Å². The molecule has 112 valence electrons. The largest absolute Gasteiger partial charge is 0.294 e. The molecule has 1 aromatic carbocycles. The number of nitrogens with zero attached hydrogens (tertiary/aromatic N) is 2. The Bertz CT molecular complexity index is 650. The lowest BCUT2D eigenvalue weighted by molar-refractivity contribution is 0.0990. The Morgan fingerprint density at radius 3 is 2.33 bits per heavy atom. The average molecular weight is 349 g/mol. The van der Waals surface area contributed by atoms with Crippen molar-refractivity contribution in [3.63, 3.8) is 0 Å². The van der Waals surface area contributed by atoms with E-state index in [1.54, 1.807) is 0 Å². The van der Waals surface area contributed by atoms with Gasteiger partial charge < -0.3 is 0 Å². The third-order valence-electron chi connectivity index (χ3n) is 3.68. The number of hydrogen-bond donors (Lipinski definition) is 0. The van der Waals surface area contributed by atoms with Crippen LogP contribution >= 0.6 is 15.9 Å². The molecule has 0 amide bonds. The van der Waals surface area contributed by atoms with Crippen LogP contribution in [0.4, 0.5) is 0 Å². The number of ketones is 1. The van der Waals surface area contributed by atoms with Gasteiger partial charge in [0.05, 0.1) is 12.1 Å². The minimum absolute atomic E-state index is 0.144. The highest BCUT2D eigenvalue weighted by Gasteiger charge is 2.14. The number of halogens is 1. The monoisotopic (exact) mass is 348 g/mol. The van der Waals surface area contributed by atoms with Gasteiger partial charge in [-0.05, 0) is 56.5 Å². The molecule has 0 aliphatic rings. The molecule has 0 saturated carbocycles. The van der Waals surface area contributed by atoms with Gasteiger partial charge in [0, 0.05) is 22.3 Å². The Labute approximate surface area is 134 Å². The molecule has 4 heteroatoms. The van der Waals surface area contributed by atoms with Crippen LogP contribution in [-0.2, 0) is 19.4 Å². The van der Waals surface area contributed by atoms with Gasteiger partial charge in [-0.3, -0.25) is 9.48 Å². The van der Waals surface area contributed by atoms with Gasteiger partial charge >= 0.3 is 0 Å². The van der Waals surface area contributed by atoms with Crippen molar-refractivity contribution in [2.75, 3.05) is 0 Å². The van der Waals surface area contributed by atoms with Crippen LogP contribution in [0.3, 0.4) is 0 Å². The molecule has 0 aliphatic carbocycles. The number of benzene rings is 1. The van der Waals surface area contributed by atoms with Crippen LogP contribution in [0.25, 0.3) is 0 Å². The maximum absolute atomic E-state index is 12.5. The van der Waals surface area contributed by atoms with Gasteiger partial charge in [-0.2, -0.15) is 5.10 Å². The molecule has 0 unspecified atom stereocenters. The predicted octanol–water partition coefficient (Wildman–Crippen LogP) is 4.27. The molecule has 2 rings (SSSR count). The number of carbonyl (C=O) groups is 1. The smallest absolute Gasteiger partial charge is 0.168 e. The first-order chi connectivity index (χ1) is 9.96. The van der Waals surface area contributed by atoms with Crippen LogP contribution < -0.4 is 0 Å². The summed E-state index contributed by atoms with van der Waals surface area (Å²) in [4.78, 5) is 12.5. The fraction of sp³-hybridized carbons (Fsp3) is 0.412. The molecule has 0 atom stereocenters. The van der Waals surface area contributed by atoms with E-state index < -0.39 is 0 Å². The maximum atomic E-state index is 12.5. The van der Waals surface area contributed by atoms with E-state index >= 15 is 0 Å². The van der Waals surface area contributed by atoms with E-state index in [0.29, 0.717) is 6.42 Å². The van der Waals surface area contributed by atoms with Gasteiger partial charge in [0.25, 0.3) is 0 Å². The summed E-state index contributed by atoms with van der Waals surface area (Å²) in [6, 6.07) is 5.94. The molecule has 1 aromatic heterocycles. The number of aryl methyl sites for hydroxylation is 4. The van der Waals surface area contributed by atoms with Crippen LogP contribution in [0.1, 0.15) is 46.7 Å². The van der Waals surface area contributed by atoms with Crippen molar-refractivity contribution in [2.24, 2.45) is 0 Å². The van der Waals surface area contributed by atoms with Crippen LogP contribution in [0.5, 0.6) is 0 Å². The summed E-state index contributed by atoms with van der Waals surface area (Å²) in [5.41, 5.74) is 5.00. The van der Waals surface area contributed by atoms with E-state index in [0.717, 1.165) is 45.5 Å². The third kappa shape index (κ3) is 3.43. The molecular weight excluding hydrogens is 328 g/mol. The lowest BCUT2D eigenvalue weighted by Crippen LogP contribution is -2.10. The highest BCUT2D eigenvalue weighted by molar-refractivity contribution is 9.10. The molecular formula is C17H21BrN2O. The zero-order valence-corrected chi connectivity index (χ0v) is 14.6. The third-order valence-corrected chi connectivity index (χ3v) is 4.93. The van der Waals surface area contributed by atoms with Gasteiger partial charge in [0.15, 0.2) is 5.78 Å². The first-order valence-electron chi connectivity index (χ1n) is 7.31. The summed E-state index contributed by atoms with van der Waals surface area (Å²) in [7, 11) is 0. The van der Waals surface area contributed by atoms with Crippen molar-refractivity contribution in [3.05, 3.63) is 50.8 Å². The van der Waals surface area contributed by atoms with Gasteiger partial charge in [-0.1, -0.05) is 22.9 Å². The van der Waals surface area contributed by atoms with E-state index in [1.807, 2.05) is 43.7 Å². The molecule has 0 N–H and O–H groups in total. The normalized spacial score (nSPS) is 10.9. The summed E-state index contributed by atoms with van der Waals surface area (Å²) in [6.07, 6.45) is 1.30. The van der Waals surface area contributed by atoms with Gasteiger partial charge in [0.1, 0.15) is 0 Å². The summed E-state index contributed by atoms with van der Waals surface area (Å²) < 4.78 is 3.00. The van der Waals surface area contributed by atoms with Crippen molar-refractivity contribution in [1.29, 1.82) is 0 Å². The standard InChI is InChI=1S/C17H21BrN2O/c1-5-14-9-15(20(6-2)19-14)10-16(21)13-7-11(3)17(18)12(4)8-13/h7-9H,5-6,10H2,1-4H3. The fourth-order valence-corrected chi connectivity index (χ4v) is 2.71. The lowest BCUT2D eigenvalue weighted by atomic mass is 10.0. The van der Waals surface area contributed by atoms with E-state index in [2.05, 4.69) is 28.0 Å². The lowest BCUT2D eigenvalue weighted by Gasteiger charge is -2.08. The van der Waals surface area contributed by atoms with Crippen molar-refractivity contribution < 1.29 is 4.79 Å². The molecule has 1 heterocycles. The van der Waals surface area contributed by atoms with E-state index in [9.17, 15) is 4.79 Å². The zero-order valence-electron chi connectivity index (χ0n) is 13.0. The minimum atomic E-state index is 0.144. The van der Waals surface area contributed by atoms with Crippen molar-refractivity contribution in [1.82, 2.24) is 9.78 Å². The molecule has 3 nitrogen and oxygen atoms in total. The molecule has 0 fully saturated rings. The quantitative estimate of drug-likeness (QED) is 0.756. The average Bonchev–Trinajstić information content (AvgIpc) is 2.86. The van der Waals surface area contributed by atoms with Crippen LogP contribution in [-0.4, -0.2) is 15.6 Å².